The highest BCUT2D eigenvalue weighted by atomic mass is 19.1. The minimum Gasteiger partial charge on any atom is -0.487 e. The molecule has 0 saturated heterocycles. The molecular weight excluding hydrogens is 381 g/mol. The van der Waals surface area contributed by atoms with Gasteiger partial charge in [0.05, 0.1) is 17.6 Å². The standard InChI is InChI=1S/C25H26FNO3/c26-20-8-5-18(6-9-20)16-29-23-10-7-19(15-24(23)30-22-3-1-2-4-22)25(17-27)13-11-21(28)12-14-25/h5-10,15,22H,1-4,11-14,16H2. The highest BCUT2D eigenvalue weighted by Crippen LogP contribution is 2.42. The van der Waals surface area contributed by atoms with Gasteiger partial charge in [-0.3, -0.25) is 4.79 Å². The van der Waals surface area contributed by atoms with Crippen LogP contribution in [0.2, 0.25) is 0 Å². The van der Waals surface area contributed by atoms with Gasteiger partial charge in [-0.2, -0.15) is 5.26 Å². The fourth-order valence-electron chi connectivity index (χ4n) is 4.37. The fourth-order valence-corrected chi connectivity index (χ4v) is 4.37. The van der Waals surface area contributed by atoms with Crippen LogP contribution in [0.1, 0.15) is 62.5 Å². The van der Waals surface area contributed by atoms with Crippen LogP contribution in [-0.2, 0) is 16.8 Å². The van der Waals surface area contributed by atoms with Crippen molar-refractivity contribution in [3.05, 3.63) is 59.4 Å². The number of Topliss-reactive ketones (excluding diaryl/α,β-unsaturated/α-hetero) is 1. The summed E-state index contributed by atoms with van der Waals surface area (Å²) in [6.07, 6.45) is 6.45. The first-order valence-electron chi connectivity index (χ1n) is 10.7. The van der Waals surface area contributed by atoms with E-state index in [1.165, 1.54) is 12.1 Å². The second-order valence-corrected chi connectivity index (χ2v) is 8.33. The molecule has 2 aliphatic carbocycles. The molecule has 2 aromatic carbocycles. The molecule has 4 rings (SSSR count). The van der Waals surface area contributed by atoms with E-state index in [0.717, 1.165) is 36.8 Å². The molecule has 0 aliphatic heterocycles. The Labute approximate surface area is 176 Å². The Hall–Kier alpha value is -2.87. The van der Waals surface area contributed by atoms with Crippen LogP contribution in [0.4, 0.5) is 4.39 Å². The van der Waals surface area contributed by atoms with Crippen molar-refractivity contribution < 1.29 is 18.7 Å². The second kappa shape index (κ2) is 8.87. The number of rotatable bonds is 6. The molecule has 0 N–H and O–H groups in total. The molecule has 0 amide bonds. The Kier molecular flexibility index (Phi) is 6.03. The second-order valence-electron chi connectivity index (χ2n) is 8.33. The van der Waals surface area contributed by atoms with E-state index in [1.807, 2.05) is 18.2 Å². The lowest BCUT2D eigenvalue weighted by Gasteiger charge is -2.31. The minimum absolute atomic E-state index is 0.152. The molecule has 0 unspecified atom stereocenters. The fraction of sp³-hybridized carbons (Fsp3) is 0.440. The van der Waals surface area contributed by atoms with E-state index in [1.54, 1.807) is 12.1 Å². The normalized spacial score (nSPS) is 18.7. The lowest BCUT2D eigenvalue weighted by molar-refractivity contribution is -0.120. The molecule has 30 heavy (non-hydrogen) atoms. The third-order valence-corrected chi connectivity index (χ3v) is 6.27. The van der Waals surface area contributed by atoms with Crippen molar-refractivity contribution in [2.24, 2.45) is 0 Å². The highest BCUT2D eigenvalue weighted by Gasteiger charge is 2.37. The number of ketones is 1. The average molecular weight is 407 g/mol. The first-order valence-corrected chi connectivity index (χ1v) is 10.7. The summed E-state index contributed by atoms with van der Waals surface area (Å²) >= 11 is 0. The first-order chi connectivity index (χ1) is 14.6. The van der Waals surface area contributed by atoms with Gasteiger partial charge in [-0.1, -0.05) is 18.2 Å². The number of hydrogen-bond acceptors (Lipinski definition) is 4. The number of carbonyl (C=O) groups is 1. The van der Waals surface area contributed by atoms with Crippen molar-refractivity contribution >= 4 is 5.78 Å². The van der Waals surface area contributed by atoms with Crippen LogP contribution in [0.5, 0.6) is 11.5 Å². The predicted molar refractivity (Wildman–Crippen MR) is 111 cm³/mol. The number of benzene rings is 2. The number of halogens is 1. The van der Waals surface area contributed by atoms with Gasteiger partial charge in [-0.15, -0.1) is 0 Å². The SMILES string of the molecule is N#CC1(c2ccc(OCc3ccc(F)cc3)c(OC3CCCC3)c2)CCC(=O)CC1. The maximum absolute atomic E-state index is 13.1. The van der Waals surface area contributed by atoms with E-state index in [-0.39, 0.29) is 17.7 Å². The Bertz CT molecular complexity index is 932. The van der Waals surface area contributed by atoms with Crippen molar-refractivity contribution in [1.82, 2.24) is 0 Å². The van der Waals surface area contributed by atoms with Gasteiger partial charge < -0.3 is 9.47 Å². The van der Waals surface area contributed by atoms with Crippen molar-refractivity contribution in [1.29, 1.82) is 5.26 Å². The summed E-state index contributed by atoms with van der Waals surface area (Å²) in [5.74, 6) is 1.21. The number of carbonyl (C=O) groups excluding carboxylic acids is 1. The first kappa shape index (κ1) is 20.4. The molecule has 0 atom stereocenters. The summed E-state index contributed by atoms with van der Waals surface area (Å²) in [5, 5.41) is 9.94. The number of nitriles is 1. The highest BCUT2D eigenvalue weighted by molar-refractivity contribution is 5.80. The number of nitrogens with zero attached hydrogens (tertiary/aromatic N) is 1. The van der Waals surface area contributed by atoms with Gasteiger partial charge in [0, 0.05) is 12.8 Å². The molecule has 2 saturated carbocycles. The van der Waals surface area contributed by atoms with Crippen LogP contribution < -0.4 is 9.47 Å². The lowest BCUT2D eigenvalue weighted by atomic mass is 9.70. The van der Waals surface area contributed by atoms with Crippen LogP contribution in [0, 0.1) is 17.1 Å². The summed E-state index contributed by atoms with van der Waals surface area (Å²) < 4.78 is 25.5. The number of hydrogen-bond donors (Lipinski definition) is 0. The van der Waals surface area contributed by atoms with Gasteiger partial charge >= 0.3 is 0 Å². The quantitative estimate of drug-likeness (QED) is 0.623. The summed E-state index contributed by atoms with van der Waals surface area (Å²) in [7, 11) is 0. The van der Waals surface area contributed by atoms with Crippen LogP contribution in [-0.4, -0.2) is 11.9 Å². The third kappa shape index (κ3) is 4.48. The third-order valence-electron chi connectivity index (χ3n) is 6.27. The molecular formula is C25H26FNO3. The molecule has 0 bridgehead atoms. The van der Waals surface area contributed by atoms with Crippen molar-refractivity contribution in [2.45, 2.75) is 69.5 Å². The Morgan fingerprint density at radius 2 is 1.73 bits per heavy atom. The van der Waals surface area contributed by atoms with Crippen molar-refractivity contribution in [3.63, 3.8) is 0 Å². The van der Waals surface area contributed by atoms with Crippen LogP contribution in [0.25, 0.3) is 0 Å². The average Bonchev–Trinajstić information content (AvgIpc) is 3.28. The summed E-state index contributed by atoms with van der Waals surface area (Å²) in [6.45, 7) is 0.304. The van der Waals surface area contributed by atoms with E-state index in [4.69, 9.17) is 9.47 Å². The van der Waals surface area contributed by atoms with E-state index < -0.39 is 5.41 Å². The molecule has 0 aromatic heterocycles. The zero-order chi connectivity index (χ0) is 21.0. The molecule has 5 heteroatoms. The Balaban J connectivity index is 1.59. The minimum atomic E-state index is -0.656. The van der Waals surface area contributed by atoms with Crippen molar-refractivity contribution in [2.75, 3.05) is 0 Å². The maximum atomic E-state index is 13.1. The van der Waals surface area contributed by atoms with Crippen molar-refractivity contribution in [3.8, 4) is 17.6 Å². The van der Waals surface area contributed by atoms with Crippen LogP contribution in [0.3, 0.4) is 0 Å². The smallest absolute Gasteiger partial charge is 0.161 e. The lowest BCUT2D eigenvalue weighted by Crippen LogP contribution is -2.30. The van der Waals surface area contributed by atoms with Gasteiger partial charge in [0.1, 0.15) is 18.2 Å². The molecule has 0 radical (unpaired) electrons. The summed E-state index contributed by atoms with van der Waals surface area (Å²) in [5.41, 5.74) is 1.10. The van der Waals surface area contributed by atoms with Gasteiger partial charge in [-0.05, 0) is 73.9 Å². The maximum Gasteiger partial charge on any atom is 0.161 e. The monoisotopic (exact) mass is 407 g/mol. The van der Waals surface area contributed by atoms with Gasteiger partial charge in [0.15, 0.2) is 11.5 Å². The largest absolute Gasteiger partial charge is 0.487 e. The Morgan fingerprint density at radius 1 is 1.03 bits per heavy atom. The van der Waals surface area contributed by atoms with Gasteiger partial charge in [0.2, 0.25) is 0 Å². The summed E-state index contributed by atoms with van der Waals surface area (Å²) in [6, 6.07) is 14.4. The molecule has 4 nitrogen and oxygen atoms in total. The van der Waals surface area contributed by atoms with E-state index in [9.17, 15) is 14.4 Å². The van der Waals surface area contributed by atoms with E-state index in [2.05, 4.69) is 6.07 Å². The van der Waals surface area contributed by atoms with Gasteiger partial charge in [-0.25, -0.2) is 4.39 Å². The molecule has 2 aliphatic rings. The molecule has 0 heterocycles. The molecule has 2 aromatic rings. The molecule has 156 valence electrons. The topological polar surface area (TPSA) is 59.3 Å². The number of ether oxygens (including phenoxy) is 2. The Morgan fingerprint density at radius 3 is 2.40 bits per heavy atom. The van der Waals surface area contributed by atoms with E-state index in [0.29, 0.717) is 43.8 Å². The van der Waals surface area contributed by atoms with Crippen LogP contribution >= 0.6 is 0 Å². The van der Waals surface area contributed by atoms with Gasteiger partial charge in [0.25, 0.3) is 0 Å². The molecule has 2 fully saturated rings. The predicted octanol–water partition coefficient (Wildman–Crippen LogP) is 5.63. The molecule has 0 spiro atoms. The van der Waals surface area contributed by atoms with E-state index >= 15 is 0 Å². The summed E-state index contributed by atoms with van der Waals surface area (Å²) in [4.78, 5) is 11.7. The zero-order valence-corrected chi connectivity index (χ0v) is 17.0. The zero-order valence-electron chi connectivity index (χ0n) is 17.0. The van der Waals surface area contributed by atoms with Crippen LogP contribution in [0.15, 0.2) is 42.5 Å².